The van der Waals surface area contributed by atoms with Crippen molar-refractivity contribution in [3.63, 3.8) is 0 Å². The molecule has 0 aromatic carbocycles. The van der Waals surface area contributed by atoms with Crippen LogP contribution in [0.3, 0.4) is 0 Å². The number of carbonyl (C=O) groups is 1. The van der Waals surface area contributed by atoms with E-state index in [1.807, 2.05) is 20.8 Å². The van der Waals surface area contributed by atoms with Gasteiger partial charge in [0.2, 0.25) is 0 Å². The predicted molar refractivity (Wildman–Crippen MR) is 116 cm³/mol. The Hall–Kier alpha value is -0.810. The van der Waals surface area contributed by atoms with Crippen LogP contribution in [0.4, 0.5) is 4.79 Å². The van der Waals surface area contributed by atoms with Crippen molar-refractivity contribution in [2.75, 3.05) is 53.6 Å². The molecule has 0 bridgehead atoms. The molecule has 0 aliphatic rings. The number of alkyl carbamates (subject to hydrolysis) is 1. The number of hydrogen-bond acceptors (Lipinski definition) is 5. The Balaban J connectivity index is 0. The van der Waals surface area contributed by atoms with Crippen LogP contribution in [0.1, 0.15) is 40.0 Å². The van der Waals surface area contributed by atoms with Gasteiger partial charge in [0, 0.05) is 40.4 Å². The van der Waals surface area contributed by atoms with Gasteiger partial charge in [-0.25, -0.2) is 4.79 Å². The van der Waals surface area contributed by atoms with Crippen molar-refractivity contribution < 1.29 is 19.0 Å². The number of nitrogens with zero attached hydrogens (tertiary/aromatic N) is 1. The Morgan fingerprint density at radius 2 is 1.54 bits per heavy atom. The van der Waals surface area contributed by atoms with Gasteiger partial charge in [-0.1, -0.05) is 0 Å². The van der Waals surface area contributed by atoms with Crippen LogP contribution >= 0.6 is 24.0 Å². The number of amides is 1. The molecule has 156 valence electrons. The Bertz CT molecular complexity index is 376. The number of guanidine groups is 1. The van der Waals surface area contributed by atoms with Crippen LogP contribution in [-0.4, -0.2) is 71.3 Å². The van der Waals surface area contributed by atoms with Crippen LogP contribution < -0.4 is 16.0 Å². The molecule has 0 fully saturated rings. The summed E-state index contributed by atoms with van der Waals surface area (Å²) in [7, 11) is 3.40. The molecule has 0 atom stereocenters. The maximum absolute atomic E-state index is 11.5. The number of methoxy groups -OCH3 is 1. The maximum atomic E-state index is 11.5. The second kappa shape index (κ2) is 17.6. The fraction of sp³-hybridized carbons (Fsp3) is 0.882. The van der Waals surface area contributed by atoms with E-state index in [1.165, 1.54) is 0 Å². The number of ether oxygens (including phenoxy) is 3. The van der Waals surface area contributed by atoms with E-state index in [0.717, 1.165) is 44.9 Å². The first-order valence-electron chi connectivity index (χ1n) is 8.87. The number of unbranched alkanes of at least 4 members (excludes halogenated alkanes) is 1. The largest absolute Gasteiger partial charge is 0.444 e. The minimum atomic E-state index is -0.469. The molecule has 0 saturated carbocycles. The van der Waals surface area contributed by atoms with Crippen molar-refractivity contribution >= 4 is 36.0 Å². The average Bonchev–Trinajstić information content (AvgIpc) is 2.53. The highest BCUT2D eigenvalue weighted by Gasteiger charge is 2.15. The van der Waals surface area contributed by atoms with Crippen molar-refractivity contribution in [3.05, 3.63) is 0 Å². The van der Waals surface area contributed by atoms with Gasteiger partial charge in [-0.15, -0.1) is 24.0 Å². The minimum Gasteiger partial charge on any atom is -0.444 e. The third kappa shape index (κ3) is 19.5. The van der Waals surface area contributed by atoms with Crippen molar-refractivity contribution in [1.82, 2.24) is 16.0 Å². The molecule has 9 heteroatoms. The lowest BCUT2D eigenvalue weighted by atomic mass is 10.2. The summed E-state index contributed by atoms with van der Waals surface area (Å²) in [6, 6.07) is 0. The van der Waals surface area contributed by atoms with E-state index in [2.05, 4.69) is 20.9 Å². The molecule has 0 heterocycles. The standard InChI is InChI=1S/C17H36N4O4.HI/c1-17(2,3)25-16(22)21-11-8-10-20-15(18-4)19-9-6-7-12-24-14-13-23-5;/h6-14H2,1-5H3,(H,21,22)(H2,18,19,20);1H. The Kier molecular flexibility index (Phi) is 18.6. The first kappa shape index (κ1) is 27.4. The van der Waals surface area contributed by atoms with E-state index in [-0.39, 0.29) is 30.1 Å². The van der Waals surface area contributed by atoms with Gasteiger partial charge >= 0.3 is 6.09 Å². The maximum Gasteiger partial charge on any atom is 0.407 e. The molecule has 0 aromatic heterocycles. The van der Waals surface area contributed by atoms with Crippen molar-refractivity contribution in [1.29, 1.82) is 0 Å². The fourth-order valence-electron chi connectivity index (χ4n) is 1.80. The number of aliphatic imine (C=N–C) groups is 1. The minimum absolute atomic E-state index is 0. The number of rotatable bonds is 12. The third-order valence-corrected chi connectivity index (χ3v) is 2.98. The highest BCUT2D eigenvalue weighted by atomic mass is 127. The SMILES string of the molecule is CN=C(NCCCCOCCOC)NCCCNC(=O)OC(C)(C)C.I. The molecule has 26 heavy (non-hydrogen) atoms. The summed E-state index contributed by atoms with van der Waals surface area (Å²) in [6.07, 6.45) is 2.40. The molecular weight excluding hydrogens is 451 g/mol. The van der Waals surface area contributed by atoms with Gasteiger partial charge in [-0.2, -0.15) is 0 Å². The van der Waals surface area contributed by atoms with E-state index in [0.29, 0.717) is 19.8 Å². The number of carbonyl (C=O) groups excluding carboxylic acids is 1. The molecule has 0 aliphatic carbocycles. The Labute approximate surface area is 175 Å². The second-order valence-corrected chi connectivity index (χ2v) is 6.52. The summed E-state index contributed by atoms with van der Waals surface area (Å²) in [5.74, 6) is 0.762. The zero-order chi connectivity index (χ0) is 19.0. The fourth-order valence-corrected chi connectivity index (χ4v) is 1.80. The third-order valence-electron chi connectivity index (χ3n) is 2.98. The van der Waals surface area contributed by atoms with Crippen LogP contribution in [0.2, 0.25) is 0 Å². The first-order chi connectivity index (χ1) is 11.9. The van der Waals surface area contributed by atoms with E-state index in [9.17, 15) is 4.79 Å². The van der Waals surface area contributed by atoms with Gasteiger partial charge in [-0.05, 0) is 40.0 Å². The average molecular weight is 488 g/mol. The molecule has 3 N–H and O–H groups in total. The molecular formula is C17H37IN4O4. The molecule has 8 nitrogen and oxygen atoms in total. The van der Waals surface area contributed by atoms with Gasteiger partial charge in [-0.3, -0.25) is 4.99 Å². The van der Waals surface area contributed by atoms with Gasteiger partial charge in [0.1, 0.15) is 5.60 Å². The van der Waals surface area contributed by atoms with E-state index < -0.39 is 5.60 Å². The molecule has 0 saturated heterocycles. The van der Waals surface area contributed by atoms with Gasteiger partial charge in [0.05, 0.1) is 13.2 Å². The van der Waals surface area contributed by atoms with Crippen molar-refractivity contribution in [2.45, 2.75) is 45.6 Å². The lowest BCUT2D eigenvalue weighted by Crippen LogP contribution is -2.39. The summed E-state index contributed by atoms with van der Waals surface area (Å²) < 4.78 is 15.5. The van der Waals surface area contributed by atoms with Gasteiger partial charge < -0.3 is 30.2 Å². The summed E-state index contributed by atoms with van der Waals surface area (Å²) in [6.45, 7) is 9.66. The normalized spacial score (nSPS) is 11.5. The first-order valence-corrected chi connectivity index (χ1v) is 8.87. The van der Waals surface area contributed by atoms with Crippen LogP contribution in [-0.2, 0) is 14.2 Å². The van der Waals surface area contributed by atoms with Crippen molar-refractivity contribution in [3.8, 4) is 0 Å². The zero-order valence-corrected chi connectivity index (χ0v) is 19.2. The Morgan fingerprint density at radius 1 is 0.923 bits per heavy atom. The van der Waals surface area contributed by atoms with E-state index >= 15 is 0 Å². The topological polar surface area (TPSA) is 93.2 Å². The van der Waals surface area contributed by atoms with E-state index in [4.69, 9.17) is 14.2 Å². The Morgan fingerprint density at radius 3 is 2.12 bits per heavy atom. The summed E-state index contributed by atoms with van der Waals surface area (Å²) in [4.78, 5) is 15.7. The second-order valence-electron chi connectivity index (χ2n) is 6.52. The van der Waals surface area contributed by atoms with Crippen LogP contribution in [0.5, 0.6) is 0 Å². The zero-order valence-electron chi connectivity index (χ0n) is 16.9. The number of halogens is 1. The highest BCUT2D eigenvalue weighted by Crippen LogP contribution is 2.06. The lowest BCUT2D eigenvalue weighted by Gasteiger charge is -2.19. The number of hydrogen-bond donors (Lipinski definition) is 3. The van der Waals surface area contributed by atoms with Crippen LogP contribution in [0, 0.1) is 0 Å². The van der Waals surface area contributed by atoms with E-state index in [1.54, 1.807) is 14.2 Å². The van der Waals surface area contributed by atoms with Crippen LogP contribution in [0.25, 0.3) is 0 Å². The van der Waals surface area contributed by atoms with Gasteiger partial charge in [0.15, 0.2) is 5.96 Å². The highest BCUT2D eigenvalue weighted by molar-refractivity contribution is 14.0. The number of nitrogens with one attached hydrogen (secondary N) is 3. The molecule has 0 aliphatic heterocycles. The van der Waals surface area contributed by atoms with Crippen molar-refractivity contribution in [2.24, 2.45) is 4.99 Å². The summed E-state index contributed by atoms with van der Waals surface area (Å²) >= 11 is 0. The lowest BCUT2D eigenvalue weighted by molar-refractivity contribution is 0.0527. The van der Waals surface area contributed by atoms with Gasteiger partial charge in [0.25, 0.3) is 0 Å². The quantitative estimate of drug-likeness (QED) is 0.169. The molecule has 1 amide bonds. The molecule has 0 rings (SSSR count). The summed E-state index contributed by atoms with van der Waals surface area (Å²) in [5, 5.41) is 9.19. The molecule has 0 radical (unpaired) electrons. The molecule has 0 spiro atoms. The molecule has 0 aromatic rings. The van der Waals surface area contributed by atoms with Crippen LogP contribution in [0.15, 0.2) is 4.99 Å². The monoisotopic (exact) mass is 488 g/mol. The smallest absolute Gasteiger partial charge is 0.407 e. The molecule has 0 unspecified atom stereocenters. The summed E-state index contributed by atoms with van der Waals surface area (Å²) in [5.41, 5.74) is -0.469. The predicted octanol–water partition coefficient (Wildman–Crippen LogP) is 2.13.